The Balaban J connectivity index is 1.82. The molecule has 5 aromatic rings. The summed E-state index contributed by atoms with van der Waals surface area (Å²) in [5, 5.41) is 4.96. The average molecular weight is 381 g/mol. The van der Waals surface area contributed by atoms with E-state index in [1.807, 2.05) is 51.1 Å². The van der Waals surface area contributed by atoms with E-state index in [0.717, 1.165) is 21.8 Å². The molecule has 0 aliphatic rings. The van der Waals surface area contributed by atoms with Crippen LogP contribution in [0.15, 0.2) is 54.9 Å². The van der Waals surface area contributed by atoms with E-state index in [4.69, 9.17) is 9.97 Å². The third-order valence-corrected chi connectivity index (χ3v) is 4.77. The monoisotopic (exact) mass is 381 g/mol. The molecule has 29 heavy (non-hydrogen) atoms. The van der Waals surface area contributed by atoms with Crippen molar-refractivity contribution in [1.29, 1.82) is 0 Å². The normalized spacial score (nSPS) is 12.1. The van der Waals surface area contributed by atoms with Gasteiger partial charge in [-0.1, -0.05) is 12.1 Å². The second-order valence-corrected chi connectivity index (χ2v) is 8.13. The molecule has 0 radical (unpaired) electrons. The van der Waals surface area contributed by atoms with Crippen molar-refractivity contribution in [3.8, 4) is 0 Å². The van der Waals surface area contributed by atoms with Crippen molar-refractivity contribution in [1.82, 2.24) is 25.3 Å². The van der Waals surface area contributed by atoms with Crippen LogP contribution in [0.1, 0.15) is 31.1 Å². The molecule has 0 aliphatic carbocycles. The van der Waals surface area contributed by atoms with Crippen molar-refractivity contribution in [2.45, 2.75) is 26.3 Å². The van der Waals surface area contributed by atoms with E-state index < -0.39 is 0 Å². The van der Waals surface area contributed by atoms with E-state index in [2.05, 4.69) is 15.3 Å². The second kappa shape index (κ2) is 6.17. The zero-order valence-corrected chi connectivity index (χ0v) is 16.4. The summed E-state index contributed by atoms with van der Waals surface area (Å²) in [6.45, 7) is 5.86. The number of pyridine rings is 2. The zero-order valence-electron chi connectivity index (χ0n) is 16.4. The summed E-state index contributed by atoms with van der Waals surface area (Å²) in [6.07, 6.45) is 3.51. The van der Waals surface area contributed by atoms with Crippen LogP contribution in [0, 0.1) is 0 Å². The number of amides is 1. The van der Waals surface area contributed by atoms with Gasteiger partial charge in [-0.15, -0.1) is 0 Å². The molecule has 2 aromatic carbocycles. The highest BCUT2D eigenvalue weighted by Crippen LogP contribution is 2.31. The lowest BCUT2D eigenvalue weighted by Crippen LogP contribution is -2.40. The van der Waals surface area contributed by atoms with Crippen LogP contribution in [-0.4, -0.2) is 31.4 Å². The molecule has 0 bridgehead atoms. The molecule has 0 saturated carbocycles. The van der Waals surface area contributed by atoms with Crippen molar-refractivity contribution < 1.29 is 4.79 Å². The lowest BCUT2D eigenvalue weighted by Gasteiger charge is -2.20. The SMILES string of the molecule is CC(C)(C)NC(=O)c1ccc2nc3c4ncccc4c4cccnc4c3nc2c1. The maximum atomic E-state index is 12.6. The minimum Gasteiger partial charge on any atom is -0.347 e. The van der Waals surface area contributed by atoms with Crippen molar-refractivity contribution in [3.05, 3.63) is 60.4 Å². The standard InChI is InChI=1S/C23H19N5O/c1-23(2,3)28-22(29)13-8-9-16-17(12-13)27-21-19-15(7-5-11-25-19)14-6-4-10-24-18(14)20(21)26-16/h4-12H,1-3H3,(H,28,29). The third-order valence-electron chi connectivity index (χ3n) is 4.77. The van der Waals surface area contributed by atoms with Gasteiger partial charge in [0.2, 0.25) is 0 Å². The molecule has 6 heteroatoms. The molecule has 1 amide bonds. The first-order valence-corrected chi connectivity index (χ1v) is 9.46. The molecule has 0 unspecified atom stereocenters. The van der Waals surface area contributed by atoms with Crippen LogP contribution in [0.4, 0.5) is 0 Å². The largest absolute Gasteiger partial charge is 0.347 e. The fourth-order valence-electron chi connectivity index (χ4n) is 3.56. The lowest BCUT2D eigenvalue weighted by molar-refractivity contribution is 0.0919. The van der Waals surface area contributed by atoms with E-state index in [1.165, 1.54) is 0 Å². The van der Waals surface area contributed by atoms with Crippen molar-refractivity contribution >= 4 is 49.8 Å². The predicted molar refractivity (Wildman–Crippen MR) is 115 cm³/mol. The smallest absolute Gasteiger partial charge is 0.251 e. The quantitative estimate of drug-likeness (QED) is 0.344. The molecule has 0 atom stereocenters. The summed E-state index contributed by atoms with van der Waals surface area (Å²) in [5.74, 6) is -0.135. The number of nitrogens with zero attached hydrogens (tertiary/aromatic N) is 4. The van der Waals surface area contributed by atoms with Gasteiger partial charge in [0.15, 0.2) is 0 Å². The molecule has 0 spiro atoms. The number of fused-ring (bicyclic) bond motifs is 7. The Labute approximate surface area is 167 Å². The van der Waals surface area contributed by atoms with Gasteiger partial charge in [0, 0.05) is 34.3 Å². The summed E-state index contributed by atoms with van der Waals surface area (Å²) in [4.78, 5) is 31.4. The van der Waals surface area contributed by atoms with Gasteiger partial charge < -0.3 is 5.32 Å². The van der Waals surface area contributed by atoms with Gasteiger partial charge in [0.05, 0.1) is 22.1 Å². The minimum atomic E-state index is -0.314. The van der Waals surface area contributed by atoms with E-state index in [1.54, 1.807) is 24.5 Å². The maximum absolute atomic E-state index is 12.6. The van der Waals surface area contributed by atoms with Gasteiger partial charge in [0.25, 0.3) is 5.91 Å². The fraction of sp³-hybridized carbons (Fsp3) is 0.174. The summed E-state index contributed by atoms with van der Waals surface area (Å²) in [7, 11) is 0. The van der Waals surface area contributed by atoms with Gasteiger partial charge >= 0.3 is 0 Å². The number of rotatable bonds is 1. The first-order chi connectivity index (χ1) is 13.9. The molecule has 0 aliphatic heterocycles. The average Bonchev–Trinajstić information content (AvgIpc) is 2.71. The molecule has 1 N–H and O–H groups in total. The lowest BCUT2D eigenvalue weighted by atomic mass is 10.1. The summed E-state index contributed by atoms with van der Waals surface area (Å²) >= 11 is 0. The van der Waals surface area contributed by atoms with Gasteiger partial charge in [-0.25, -0.2) is 9.97 Å². The van der Waals surface area contributed by atoms with Gasteiger partial charge in [-0.05, 0) is 51.1 Å². The zero-order chi connectivity index (χ0) is 20.2. The summed E-state index contributed by atoms with van der Waals surface area (Å²) in [5.41, 5.74) is 4.59. The number of hydrogen-bond acceptors (Lipinski definition) is 5. The molecular formula is C23H19N5O. The van der Waals surface area contributed by atoms with Crippen LogP contribution in [0.25, 0.3) is 43.9 Å². The number of aromatic nitrogens is 4. The topological polar surface area (TPSA) is 80.7 Å². The number of hydrogen-bond donors (Lipinski definition) is 1. The van der Waals surface area contributed by atoms with Crippen LogP contribution < -0.4 is 5.32 Å². The Morgan fingerprint density at radius 2 is 1.38 bits per heavy atom. The Morgan fingerprint density at radius 1 is 0.793 bits per heavy atom. The number of carbonyl (C=O) groups is 1. The maximum Gasteiger partial charge on any atom is 0.251 e. The summed E-state index contributed by atoms with van der Waals surface area (Å²) in [6, 6.07) is 13.2. The van der Waals surface area contributed by atoms with Gasteiger partial charge in [0.1, 0.15) is 11.0 Å². The van der Waals surface area contributed by atoms with Crippen LogP contribution in [-0.2, 0) is 0 Å². The first kappa shape index (κ1) is 17.4. The van der Waals surface area contributed by atoms with Crippen LogP contribution >= 0.6 is 0 Å². The molecule has 5 rings (SSSR count). The highest BCUT2D eigenvalue weighted by molar-refractivity contribution is 6.21. The molecule has 3 aromatic heterocycles. The molecule has 3 heterocycles. The molecule has 142 valence electrons. The summed E-state index contributed by atoms with van der Waals surface area (Å²) < 4.78 is 0. The Morgan fingerprint density at radius 3 is 1.97 bits per heavy atom. The van der Waals surface area contributed by atoms with Gasteiger partial charge in [-0.3, -0.25) is 14.8 Å². The number of carbonyl (C=O) groups excluding carboxylic acids is 1. The van der Waals surface area contributed by atoms with Crippen LogP contribution in [0.2, 0.25) is 0 Å². The van der Waals surface area contributed by atoms with E-state index >= 15 is 0 Å². The molecular weight excluding hydrogens is 362 g/mol. The Bertz CT molecular complexity index is 1440. The highest BCUT2D eigenvalue weighted by atomic mass is 16.1. The van der Waals surface area contributed by atoms with Crippen molar-refractivity contribution in [2.75, 3.05) is 0 Å². The predicted octanol–water partition coefficient (Wildman–Crippen LogP) is 4.41. The van der Waals surface area contributed by atoms with E-state index in [9.17, 15) is 4.79 Å². The van der Waals surface area contributed by atoms with Crippen molar-refractivity contribution in [2.24, 2.45) is 0 Å². The number of benzene rings is 2. The van der Waals surface area contributed by atoms with E-state index in [-0.39, 0.29) is 11.4 Å². The minimum absolute atomic E-state index is 0.135. The molecule has 0 fully saturated rings. The second-order valence-electron chi connectivity index (χ2n) is 8.13. The highest BCUT2D eigenvalue weighted by Gasteiger charge is 2.17. The van der Waals surface area contributed by atoms with Crippen LogP contribution in [0.5, 0.6) is 0 Å². The third kappa shape index (κ3) is 2.93. The molecule has 6 nitrogen and oxygen atoms in total. The van der Waals surface area contributed by atoms with Gasteiger partial charge in [-0.2, -0.15) is 0 Å². The molecule has 0 saturated heterocycles. The Hall–Kier alpha value is -3.67. The Kier molecular flexibility index (Phi) is 3.71. The van der Waals surface area contributed by atoms with E-state index in [0.29, 0.717) is 27.6 Å². The fourth-order valence-corrected chi connectivity index (χ4v) is 3.56. The van der Waals surface area contributed by atoms with Crippen LogP contribution in [0.3, 0.4) is 0 Å². The number of nitrogens with one attached hydrogen (secondary N) is 1. The first-order valence-electron chi connectivity index (χ1n) is 9.46. The van der Waals surface area contributed by atoms with Crippen molar-refractivity contribution in [3.63, 3.8) is 0 Å².